The van der Waals surface area contributed by atoms with Crippen molar-refractivity contribution in [2.45, 2.75) is 33.2 Å². The summed E-state index contributed by atoms with van der Waals surface area (Å²) in [4.78, 5) is 21.3. The molecule has 156 valence electrons. The highest BCUT2D eigenvalue weighted by molar-refractivity contribution is 5.94. The third-order valence-electron chi connectivity index (χ3n) is 6.30. The van der Waals surface area contributed by atoms with E-state index in [4.69, 9.17) is 4.98 Å². The van der Waals surface area contributed by atoms with Crippen LogP contribution in [0.3, 0.4) is 0 Å². The number of rotatable bonds is 3. The smallest absolute Gasteiger partial charge is 0.223 e. The molecule has 3 aromatic rings. The third kappa shape index (κ3) is 3.50. The van der Waals surface area contributed by atoms with Crippen LogP contribution in [0.2, 0.25) is 0 Å². The molecule has 0 unspecified atom stereocenters. The predicted octanol–water partition coefficient (Wildman–Crippen LogP) is 3.01. The Hall–Kier alpha value is -2.70. The molecule has 4 heterocycles. The van der Waals surface area contributed by atoms with E-state index in [-0.39, 0.29) is 5.91 Å². The van der Waals surface area contributed by atoms with Crippen LogP contribution in [0.15, 0.2) is 36.5 Å². The second kappa shape index (κ2) is 7.85. The quantitative estimate of drug-likeness (QED) is 0.730. The Balaban J connectivity index is 1.58. The fourth-order valence-electron chi connectivity index (χ4n) is 4.73. The molecule has 1 saturated heterocycles. The van der Waals surface area contributed by atoms with E-state index in [1.54, 1.807) is 6.92 Å². The van der Waals surface area contributed by atoms with Gasteiger partial charge in [-0.25, -0.2) is 4.98 Å². The summed E-state index contributed by atoms with van der Waals surface area (Å²) in [5, 5.41) is 3.49. The van der Waals surface area contributed by atoms with Gasteiger partial charge in [0.2, 0.25) is 5.91 Å². The molecule has 2 aliphatic rings. The molecule has 0 saturated carbocycles. The lowest BCUT2D eigenvalue weighted by Gasteiger charge is -2.20. The van der Waals surface area contributed by atoms with Crippen LogP contribution >= 0.6 is 0 Å². The van der Waals surface area contributed by atoms with Gasteiger partial charge >= 0.3 is 0 Å². The maximum atomic E-state index is 11.9. The largest absolute Gasteiger partial charge is 0.315 e. The molecule has 1 N–H and O–H groups in total. The maximum Gasteiger partial charge on any atom is 0.223 e. The number of fused-ring (bicyclic) bond motifs is 2. The monoisotopic (exact) mass is 403 g/mol. The van der Waals surface area contributed by atoms with Gasteiger partial charge in [0.05, 0.1) is 11.4 Å². The van der Waals surface area contributed by atoms with Crippen molar-refractivity contribution in [1.29, 1.82) is 0 Å². The molecule has 0 atom stereocenters. The molecule has 0 spiro atoms. The third-order valence-corrected chi connectivity index (χ3v) is 6.30. The number of aryl methyl sites for hydroxylation is 1. The normalized spacial score (nSPS) is 17.3. The minimum Gasteiger partial charge on any atom is -0.315 e. The first-order valence-corrected chi connectivity index (χ1v) is 10.9. The number of aromatic nitrogens is 2. The lowest BCUT2D eigenvalue weighted by molar-refractivity contribution is -0.116. The number of hydrogen-bond donors (Lipinski definition) is 1. The Kier molecular flexibility index (Phi) is 5.05. The van der Waals surface area contributed by atoms with Crippen molar-refractivity contribution in [3.8, 4) is 11.3 Å². The van der Waals surface area contributed by atoms with Gasteiger partial charge in [-0.3, -0.25) is 9.69 Å². The van der Waals surface area contributed by atoms with Crippen molar-refractivity contribution >= 4 is 17.2 Å². The molecule has 1 aromatic carbocycles. The first kappa shape index (κ1) is 19.3. The standard InChI is InChI=1S/C24H29N5O/c1-17-4-7-23-26-24(20-5-6-21-19(14-20)8-12-28(21)18(2)30)22(29(23)15-17)16-27-11-3-9-25-10-13-27/h4-7,14-15,25H,3,8-13,16H2,1-2H3. The van der Waals surface area contributed by atoms with Gasteiger partial charge in [-0.05, 0) is 62.2 Å². The van der Waals surface area contributed by atoms with Gasteiger partial charge in [0.25, 0.3) is 0 Å². The maximum absolute atomic E-state index is 11.9. The Morgan fingerprint density at radius 1 is 1.13 bits per heavy atom. The van der Waals surface area contributed by atoms with Gasteiger partial charge in [0.15, 0.2) is 0 Å². The summed E-state index contributed by atoms with van der Waals surface area (Å²) in [7, 11) is 0. The Morgan fingerprint density at radius 3 is 2.90 bits per heavy atom. The summed E-state index contributed by atoms with van der Waals surface area (Å²) in [6, 6.07) is 10.7. The van der Waals surface area contributed by atoms with E-state index < -0.39 is 0 Å². The molecule has 0 aliphatic carbocycles. The fraction of sp³-hybridized carbons (Fsp3) is 0.417. The van der Waals surface area contributed by atoms with Gasteiger partial charge in [-0.2, -0.15) is 0 Å². The van der Waals surface area contributed by atoms with Crippen LogP contribution in [0.25, 0.3) is 16.9 Å². The average Bonchev–Trinajstić information content (AvgIpc) is 3.20. The van der Waals surface area contributed by atoms with E-state index in [0.29, 0.717) is 0 Å². The van der Waals surface area contributed by atoms with Crippen LogP contribution in [0.4, 0.5) is 5.69 Å². The first-order chi connectivity index (χ1) is 14.6. The van der Waals surface area contributed by atoms with E-state index >= 15 is 0 Å². The number of nitrogens with one attached hydrogen (secondary N) is 1. The van der Waals surface area contributed by atoms with Crippen molar-refractivity contribution in [2.75, 3.05) is 37.6 Å². The fourth-order valence-corrected chi connectivity index (χ4v) is 4.73. The lowest BCUT2D eigenvalue weighted by Crippen LogP contribution is -2.28. The summed E-state index contributed by atoms with van der Waals surface area (Å²) < 4.78 is 2.26. The minimum absolute atomic E-state index is 0.111. The number of nitrogens with zero attached hydrogens (tertiary/aromatic N) is 4. The molecule has 1 fully saturated rings. The van der Waals surface area contributed by atoms with E-state index in [2.05, 4.69) is 58.1 Å². The lowest BCUT2D eigenvalue weighted by atomic mass is 10.0. The second-order valence-electron chi connectivity index (χ2n) is 8.49. The predicted molar refractivity (Wildman–Crippen MR) is 120 cm³/mol. The molecule has 2 aromatic heterocycles. The highest BCUT2D eigenvalue weighted by Gasteiger charge is 2.24. The van der Waals surface area contributed by atoms with Crippen molar-refractivity contribution in [1.82, 2.24) is 19.6 Å². The molecular weight excluding hydrogens is 374 g/mol. The number of anilines is 1. The van der Waals surface area contributed by atoms with Gasteiger partial charge in [0.1, 0.15) is 5.65 Å². The molecule has 5 rings (SSSR count). The zero-order chi connectivity index (χ0) is 20.7. The van der Waals surface area contributed by atoms with Gasteiger partial charge in [0, 0.05) is 50.6 Å². The molecule has 6 heteroatoms. The summed E-state index contributed by atoms with van der Waals surface area (Å²) >= 11 is 0. The number of amides is 1. The van der Waals surface area contributed by atoms with Crippen LogP contribution in [0, 0.1) is 6.92 Å². The van der Waals surface area contributed by atoms with Gasteiger partial charge in [-0.15, -0.1) is 0 Å². The van der Waals surface area contributed by atoms with Crippen molar-refractivity contribution in [3.05, 3.63) is 53.3 Å². The number of carbonyl (C=O) groups excluding carboxylic acids is 1. The summed E-state index contributed by atoms with van der Waals surface area (Å²) in [6.45, 7) is 9.70. The van der Waals surface area contributed by atoms with Crippen LogP contribution in [-0.2, 0) is 17.8 Å². The molecule has 30 heavy (non-hydrogen) atoms. The van der Waals surface area contributed by atoms with E-state index in [1.165, 1.54) is 23.2 Å². The highest BCUT2D eigenvalue weighted by Crippen LogP contribution is 2.34. The second-order valence-corrected chi connectivity index (χ2v) is 8.49. The van der Waals surface area contributed by atoms with Crippen LogP contribution < -0.4 is 10.2 Å². The zero-order valence-electron chi connectivity index (χ0n) is 17.8. The molecule has 2 aliphatic heterocycles. The zero-order valence-corrected chi connectivity index (χ0v) is 17.8. The number of hydrogen-bond acceptors (Lipinski definition) is 4. The molecule has 6 nitrogen and oxygen atoms in total. The van der Waals surface area contributed by atoms with E-state index in [9.17, 15) is 4.79 Å². The van der Waals surface area contributed by atoms with Gasteiger partial charge in [-0.1, -0.05) is 12.1 Å². The average molecular weight is 404 g/mol. The number of pyridine rings is 1. The number of imidazole rings is 1. The van der Waals surface area contributed by atoms with Crippen LogP contribution in [0.1, 0.15) is 30.2 Å². The summed E-state index contributed by atoms with van der Waals surface area (Å²) in [6.07, 6.45) is 4.27. The Morgan fingerprint density at radius 2 is 2.03 bits per heavy atom. The molecule has 0 radical (unpaired) electrons. The Bertz CT molecular complexity index is 1090. The van der Waals surface area contributed by atoms with E-state index in [0.717, 1.165) is 68.3 Å². The van der Waals surface area contributed by atoms with Crippen LogP contribution in [-0.4, -0.2) is 52.9 Å². The number of benzene rings is 1. The Labute approximate surface area is 177 Å². The minimum atomic E-state index is 0.111. The van der Waals surface area contributed by atoms with Crippen molar-refractivity contribution in [2.24, 2.45) is 0 Å². The molecular formula is C24H29N5O. The van der Waals surface area contributed by atoms with Crippen molar-refractivity contribution in [3.63, 3.8) is 0 Å². The van der Waals surface area contributed by atoms with Crippen LogP contribution in [0.5, 0.6) is 0 Å². The SMILES string of the molecule is CC(=O)N1CCc2cc(-c3nc4ccc(C)cn4c3CN3CCCNCC3)ccc21. The summed E-state index contributed by atoms with van der Waals surface area (Å²) in [5.74, 6) is 0.111. The molecule has 1 amide bonds. The molecule has 0 bridgehead atoms. The number of carbonyl (C=O) groups is 1. The van der Waals surface area contributed by atoms with E-state index in [1.807, 2.05) is 4.90 Å². The topological polar surface area (TPSA) is 52.9 Å². The highest BCUT2D eigenvalue weighted by atomic mass is 16.2. The van der Waals surface area contributed by atoms with Crippen molar-refractivity contribution < 1.29 is 4.79 Å². The first-order valence-electron chi connectivity index (χ1n) is 10.9. The summed E-state index contributed by atoms with van der Waals surface area (Å²) in [5.41, 5.74) is 7.95. The van der Waals surface area contributed by atoms with Gasteiger partial charge < -0.3 is 14.6 Å².